The maximum Gasteiger partial charge on any atom is 0.277 e. The molecule has 2 heterocycles. The fraction of sp³-hybridized carbons (Fsp3) is 0.158. The number of rotatable bonds is 6. The largest absolute Gasteiger partial charge is 0.484 e. The van der Waals surface area contributed by atoms with Gasteiger partial charge >= 0.3 is 0 Å². The number of hydrogen-bond acceptors (Lipinski definition) is 7. The standard InChI is InChI=1S/C19H15FN4O3S/c1-11(17-21-15-5-3-2-4-14(15)18(25)22-17)28-19-24-23-16(27-19)10-26-13-8-6-12(20)7-9-13/h2-9,11H,10H2,1H3,(H,21,22,25)/t11-/m1/s1. The van der Waals surface area contributed by atoms with E-state index in [9.17, 15) is 9.18 Å². The van der Waals surface area contributed by atoms with Crippen LogP contribution in [0, 0.1) is 5.82 Å². The summed E-state index contributed by atoms with van der Waals surface area (Å²) in [6.07, 6.45) is 0. The molecule has 0 unspecified atom stereocenters. The zero-order chi connectivity index (χ0) is 19.5. The van der Waals surface area contributed by atoms with Crippen molar-refractivity contribution in [2.75, 3.05) is 0 Å². The van der Waals surface area contributed by atoms with Crippen molar-refractivity contribution in [3.05, 3.63) is 76.4 Å². The molecule has 7 nitrogen and oxygen atoms in total. The van der Waals surface area contributed by atoms with E-state index in [-0.39, 0.29) is 23.2 Å². The number of benzene rings is 2. The number of aromatic nitrogens is 4. The molecule has 0 aliphatic rings. The van der Waals surface area contributed by atoms with Crippen molar-refractivity contribution in [2.45, 2.75) is 24.0 Å². The fourth-order valence-corrected chi connectivity index (χ4v) is 3.28. The van der Waals surface area contributed by atoms with Gasteiger partial charge in [-0.2, -0.15) is 0 Å². The monoisotopic (exact) mass is 398 g/mol. The van der Waals surface area contributed by atoms with Crippen LogP contribution in [0.5, 0.6) is 5.75 Å². The molecule has 1 atom stereocenters. The summed E-state index contributed by atoms with van der Waals surface area (Å²) < 4.78 is 23.9. The molecule has 4 aromatic rings. The molecular weight excluding hydrogens is 383 g/mol. The van der Waals surface area contributed by atoms with Crippen molar-refractivity contribution >= 4 is 22.7 Å². The minimum absolute atomic E-state index is 0.0681. The van der Waals surface area contributed by atoms with Crippen LogP contribution >= 0.6 is 11.8 Å². The molecule has 0 amide bonds. The molecule has 142 valence electrons. The van der Waals surface area contributed by atoms with Gasteiger partial charge in [-0.05, 0) is 43.3 Å². The van der Waals surface area contributed by atoms with Crippen molar-refractivity contribution in [1.29, 1.82) is 0 Å². The van der Waals surface area contributed by atoms with Gasteiger partial charge < -0.3 is 14.1 Å². The number of hydrogen-bond donors (Lipinski definition) is 1. The average molecular weight is 398 g/mol. The Morgan fingerprint density at radius 2 is 1.96 bits per heavy atom. The van der Waals surface area contributed by atoms with Crippen LogP contribution in [0.4, 0.5) is 4.39 Å². The van der Waals surface area contributed by atoms with Crippen molar-refractivity contribution < 1.29 is 13.5 Å². The minimum Gasteiger partial charge on any atom is -0.484 e. The van der Waals surface area contributed by atoms with Gasteiger partial charge in [-0.1, -0.05) is 23.9 Å². The van der Waals surface area contributed by atoms with Gasteiger partial charge in [0.25, 0.3) is 16.7 Å². The zero-order valence-corrected chi connectivity index (χ0v) is 15.6. The number of H-pyrrole nitrogens is 1. The van der Waals surface area contributed by atoms with Crippen LogP contribution in [0.3, 0.4) is 0 Å². The second kappa shape index (κ2) is 7.81. The molecule has 9 heteroatoms. The number of ether oxygens (including phenoxy) is 1. The Bertz CT molecular complexity index is 1160. The van der Waals surface area contributed by atoms with E-state index in [2.05, 4.69) is 20.2 Å². The first kappa shape index (κ1) is 18.2. The molecule has 0 fully saturated rings. The highest BCUT2D eigenvalue weighted by molar-refractivity contribution is 7.99. The van der Waals surface area contributed by atoms with Gasteiger partial charge in [0.1, 0.15) is 17.4 Å². The van der Waals surface area contributed by atoms with Crippen molar-refractivity contribution in [3.8, 4) is 5.75 Å². The maximum atomic E-state index is 12.9. The Morgan fingerprint density at radius 3 is 2.79 bits per heavy atom. The van der Waals surface area contributed by atoms with Crippen LogP contribution in [-0.4, -0.2) is 20.2 Å². The predicted octanol–water partition coefficient (Wildman–Crippen LogP) is 3.88. The quantitative estimate of drug-likeness (QED) is 0.493. The highest BCUT2D eigenvalue weighted by Gasteiger charge is 2.16. The van der Waals surface area contributed by atoms with Crippen LogP contribution in [-0.2, 0) is 6.61 Å². The van der Waals surface area contributed by atoms with Gasteiger partial charge in [-0.25, -0.2) is 9.37 Å². The highest BCUT2D eigenvalue weighted by atomic mass is 32.2. The number of para-hydroxylation sites is 1. The summed E-state index contributed by atoms with van der Waals surface area (Å²) in [5.74, 6) is 0.980. The van der Waals surface area contributed by atoms with Gasteiger partial charge in [0.15, 0.2) is 6.61 Å². The van der Waals surface area contributed by atoms with Crippen LogP contribution in [0.15, 0.2) is 63.0 Å². The first-order valence-electron chi connectivity index (χ1n) is 8.45. The van der Waals surface area contributed by atoms with Crippen molar-refractivity contribution in [3.63, 3.8) is 0 Å². The van der Waals surface area contributed by atoms with E-state index in [1.807, 2.05) is 13.0 Å². The predicted molar refractivity (Wildman–Crippen MR) is 102 cm³/mol. The summed E-state index contributed by atoms with van der Waals surface area (Å²) in [5, 5.41) is 8.59. The molecule has 0 saturated heterocycles. The zero-order valence-electron chi connectivity index (χ0n) is 14.8. The first-order chi connectivity index (χ1) is 13.6. The van der Waals surface area contributed by atoms with Gasteiger partial charge in [-0.15, -0.1) is 10.2 Å². The molecule has 2 aromatic heterocycles. The van der Waals surface area contributed by atoms with Crippen LogP contribution in [0.25, 0.3) is 10.9 Å². The van der Waals surface area contributed by atoms with Crippen LogP contribution in [0.1, 0.15) is 23.9 Å². The van der Waals surface area contributed by atoms with E-state index in [1.54, 1.807) is 18.2 Å². The van der Waals surface area contributed by atoms with E-state index < -0.39 is 0 Å². The van der Waals surface area contributed by atoms with E-state index in [0.717, 1.165) is 0 Å². The summed E-state index contributed by atoms with van der Waals surface area (Å²) in [5.41, 5.74) is 0.444. The Labute approximate surface area is 163 Å². The summed E-state index contributed by atoms with van der Waals surface area (Å²) in [6, 6.07) is 12.8. The second-order valence-corrected chi connectivity index (χ2v) is 7.22. The molecule has 0 saturated carbocycles. The Morgan fingerprint density at radius 1 is 1.18 bits per heavy atom. The van der Waals surface area contributed by atoms with Crippen LogP contribution < -0.4 is 10.3 Å². The first-order valence-corrected chi connectivity index (χ1v) is 9.33. The van der Waals surface area contributed by atoms with Gasteiger partial charge in [0.05, 0.1) is 16.2 Å². The SMILES string of the molecule is C[C@@H](Sc1nnc(COc2ccc(F)cc2)o1)c1nc2ccccc2c(=O)[nH]1. The summed E-state index contributed by atoms with van der Waals surface area (Å²) in [4.78, 5) is 19.5. The number of halogens is 1. The Balaban J connectivity index is 1.43. The van der Waals surface area contributed by atoms with E-state index in [1.165, 1.54) is 36.0 Å². The third-order valence-corrected chi connectivity index (χ3v) is 4.86. The lowest BCUT2D eigenvalue weighted by molar-refractivity contribution is 0.252. The topological polar surface area (TPSA) is 93.9 Å². The smallest absolute Gasteiger partial charge is 0.277 e. The molecule has 0 aliphatic heterocycles. The summed E-state index contributed by atoms with van der Waals surface area (Å²) >= 11 is 1.28. The number of nitrogens with one attached hydrogen (secondary N) is 1. The minimum atomic E-state index is -0.335. The lowest BCUT2D eigenvalue weighted by Crippen LogP contribution is -2.12. The molecule has 28 heavy (non-hydrogen) atoms. The molecule has 2 aromatic carbocycles. The Kier molecular flexibility index (Phi) is 5.07. The van der Waals surface area contributed by atoms with Gasteiger partial charge in [0.2, 0.25) is 0 Å². The Hall–Kier alpha value is -3.20. The molecule has 1 N–H and O–H groups in total. The normalized spacial score (nSPS) is 12.2. The maximum absolute atomic E-state index is 12.9. The third kappa shape index (κ3) is 4.04. The lowest BCUT2D eigenvalue weighted by atomic mass is 10.2. The highest BCUT2D eigenvalue weighted by Crippen LogP contribution is 2.32. The molecule has 4 rings (SSSR count). The van der Waals surface area contributed by atoms with Crippen molar-refractivity contribution in [1.82, 2.24) is 20.2 Å². The number of fused-ring (bicyclic) bond motifs is 1. The number of aromatic amines is 1. The third-order valence-electron chi connectivity index (χ3n) is 3.92. The average Bonchev–Trinajstić information content (AvgIpc) is 3.15. The molecule has 0 aliphatic carbocycles. The van der Waals surface area contributed by atoms with E-state index in [4.69, 9.17) is 9.15 Å². The number of thioether (sulfide) groups is 1. The second-order valence-electron chi connectivity index (χ2n) is 5.93. The van der Waals surface area contributed by atoms with E-state index >= 15 is 0 Å². The fourth-order valence-electron chi connectivity index (χ4n) is 2.52. The van der Waals surface area contributed by atoms with E-state index in [0.29, 0.717) is 33.6 Å². The molecular formula is C19H15FN4O3S. The summed E-state index contributed by atoms with van der Waals surface area (Å²) in [6.45, 7) is 1.95. The van der Waals surface area contributed by atoms with Crippen LogP contribution in [0.2, 0.25) is 0 Å². The van der Waals surface area contributed by atoms with Crippen molar-refractivity contribution in [2.24, 2.45) is 0 Å². The van der Waals surface area contributed by atoms with Gasteiger partial charge in [0, 0.05) is 0 Å². The number of nitrogens with zero attached hydrogens (tertiary/aromatic N) is 3. The lowest BCUT2D eigenvalue weighted by Gasteiger charge is -2.08. The summed E-state index contributed by atoms with van der Waals surface area (Å²) in [7, 11) is 0. The molecule has 0 radical (unpaired) electrons. The molecule has 0 bridgehead atoms. The molecule has 0 spiro atoms. The van der Waals surface area contributed by atoms with Gasteiger partial charge in [-0.3, -0.25) is 4.79 Å².